The van der Waals surface area contributed by atoms with Crippen molar-refractivity contribution in [1.82, 2.24) is 9.97 Å². The molecule has 0 atom stereocenters. The third-order valence-electron chi connectivity index (χ3n) is 9.83. The molecular formula is C45H28N2OS. The van der Waals surface area contributed by atoms with Gasteiger partial charge in [-0.1, -0.05) is 151 Å². The molecule has 0 saturated carbocycles. The van der Waals surface area contributed by atoms with Crippen molar-refractivity contribution < 1.29 is 4.42 Å². The van der Waals surface area contributed by atoms with Crippen molar-refractivity contribution >= 4 is 11.8 Å². The van der Waals surface area contributed by atoms with Crippen LogP contribution in [0.4, 0.5) is 0 Å². The van der Waals surface area contributed by atoms with Crippen molar-refractivity contribution in [3.63, 3.8) is 0 Å². The molecule has 49 heavy (non-hydrogen) atoms. The zero-order valence-electron chi connectivity index (χ0n) is 26.4. The molecule has 0 fully saturated rings. The van der Waals surface area contributed by atoms with E-state index in [0.717, 1.165) is 33.8 Å². The van der Waals surface area contributed by atoms with Crippen molar-refractivity contribution in [3.05, 3.63) is 192 Å². The number of rotatable bonds is 4. The summed E-state index contributed by atoms with van der Waals surface area (Å²) in [5.41, 5.74) is 12.3. The molecule has 2 aromatic heterocycles. The van der Waals surface area contributed by atoms with Gasteiger partial charge in [0, 0.05) is 26.5 Å². The number of furan rings is 1. The van der Waals surface area contributed by atoms with Gasteiger partial charge in [0.25, 0.3) is 0 Å². The van der Waals surface area contributed by atoms with Gasteiger partial charge in [0.1, 0.15) is 5.76 Å². The van der Waals surface area contributed by atoms with Crippen molar-refractivity contribution in [2.24, 2.45) is 0 Å². The largest absolute Gasteiger partial charge is 0.453 e. The smallest absolute Gasteiger partial charge is 0.196 e. The third-order valence-corrected chi connectivity index (χ3v) is 11.0. The maximum atomic E-state index is 6.59. The van der Waals surface area contributed by atoms with Crippen LogP contribution in [-0.2, 0) is 5.41 Å². The van der Waals surface area contributed by atoms with E-state index in [1.54, 1.807) is 0 Å². The Morgan fingerprint density at radius 3 is 1.59 bits per heavy atom. The second kappa shape index (κ2) is 11.0. The average molecular weight is 645 g/mol. The monoisotopic (exact) mass is 644 g/mol. The maximum absolute atomic E-state index is 6.59. The summed E-state index contributed by atoms with van der Waals surface area (Å²) in [5, 5.41) is 0. The molecule has 3 heterocycles. The first-order chi connectivity index (χ1) is 24.3. The number of benzene rings is 6. The molecule has 0 saturated heterocycles. The van der Waals surface area contributed by atoms with Gasteiger partial charge >= 0.3 is 0 Å². The number of fused-ring (bicyclic) bond motifs is 9. The average Bonchev–Trinajstić information content (AvgIpc) is 3.78. The van der Waals surface area contributed by atoms with Gasteiger partial charge in [0.05, 0.1) is 16.8 Å². The molecule has 1 aliphatic carbocycles. The highest BCUT2D eigenvalue weighted by Gasteiger charge is 2.50. The Morgan fingerprint density at radius 2 is 0.939 bits per heavy atom. The van der Waals surface area contributed by atoms with Gasteiger partial charge in [-0.25, -0.2) is 9.97 Å². The first kappa shape index (κ1) is 28.1. The maximum Gasteiger partial charge on any atom is 0.196 e. The highest BCUT2D eigenvalue weighted by atomic mass is 32.2. The number of hydrogen-bond donors (Lipinski definition) is 0. The Bertz CT molecular complexity index is 2430. The van der Waals surface area contributed by atoms with Crippen LogP contribution in [0.15, 0.2) is 184 Å². The minimum atomic E-state index is -0.392. The van der Waals surface area contributed by atoms with Crippen molar-refractivity contribution in [3.8, 4) is 56.6 Å². The number of aromatic nitrogens is 2. The lowest BCUT2D eigenvalue weighted by atomic mass is 9.67. The van der Waals surface area contributed by atoms with Crippen molar-refractivity contribution in [2.45, 2.75) is 15.2 Å². The molecule has 0 unspecified atom stereocenters. The quantitative estimate of drug-likeness (QED) is 0.191. The van der Waals surface area contributed by atoms with Crippen LogP contribution in [0, 0.1) is 0 Å². The van der Waals surface area contributed by atoms with E-state index >= 15 is 0 Å². The Hall–Kier alpha value is -5.97. The summed E-state index contributed by atoms with van der Waals surface area (Å²) in [7, 11) is 0. The summed E-state index contributed by atoms with van der Waals surface area (Å²) >= 11 is 1.84. The lowest BCUT2D eigenvalue weighted by Gasteiger charge is -2.39. The van der Waals surface area contributed by atoms with E-state index in [1.807, 2.05) is 66.4 Å². The van der Waals surface area contributed by atoms with E-state index in [-0.39, 0.29) is 0 Å². The van der Waals surface area contributed by atoms with Crippen LogP contribution in [0.3, 0.4) is 0 Å². The van der Waals surface area contributed by atoms with Gasteiger partial charge in [0.15, 0.2) is 11.6 Å². The van der Waals surface area contributed by atoms with E-state index in [0.29, 0.717) is 11.6 Å². The topological polar surface area (TPSA) is 38.9 Å². The summed E-state index contributed by atoms with van der Waals surface area (Å²) in [6.45, 7) is 0. The SMILES string of the molecule is c1ccc(-c2cc(-c3ccccc3)nc(-c3ccc(-c4ccc5c(c4)Sc4ccccc4C54c5ccccc5-c5ccccc54)o3)n2)cc1. The Kier molecular flexibility index (Phi) is 6.33. The van der Waals surface area contributed by atoms with Crippen LogP contribution >= 0.6 is 11.8 Å². The molecule has 6 aromatic carbocycles. The first-order valence-corrected chi connectivity index (χ1v) is 17.3. The summed E-state index contributed by atoms with van der Waals surface area (Å²) in [6.07, 6.45) is 0. The van der Waals surface area contributed by atoms with Crippen LogP contribution in [0.25, 0.3) is 56.6 Å². The van der Waals surface area contributed by atoms with Crippen LogP contribution in [-0.4, -0.2) is 9.97 Å². The van der Waals surface area contributed by atoms with Crippen LogP contribution in [0.5, 0.6) is 0 Å². The molecule has 3 nitrogen and oxygen atoms in total. The standard InChI is InChI=1S/C45H28N2OS/c1-3-13-29(14-4-1)38-28-39(30-15-5-2-6-16-30)47-44(46-38)41-26-25-40(48-41)31-23-24-37-43(27-31)49-42-22-12-11-21-36(42)45(37)34-19-9-7-17-32(34)33-18-8-10-20-35(33)45/h1-28H. The molecule has 8 aromatic rings. The van der Waals surface area contributed by atoms with Crippen LogP contribution in [0.1, 0.15) is 22.3 Å². The highest BCUT2D eigenvalue weighted by Crippen LogP contribution is 2.62. The zero-order valence-corrected chi connectivity index (χ0v) is 27.2. The second-order valence-electron chi connectivity index (χ2n) is 12.5. The minimum absolute atomic E-state index is 0.392. The molecule has 1 aliphatic heterocycles. The Balaban J connectivity index is 1.11. The van der Waals surface area contributed by atoms with Crippen molar-refractivity contribution in [2.75, 3.05) is 0 Å². The molecular weight excluding hydrogens is 617 g/mol. The fraction of sp³-hybridized carbons (Fsp3) is 0.0222. The number of hydrogen-bond acceptors (Lipinski definition) is 4. The van der Waals surface area contributed by atoms with Crippen LogP contribution < -0.4 is 0 Å². The molecule has 4 heteroatoms. The summed E-state index contributed by atoms with van der Waals surface area (Å²) < 4.78 is 6.59. The van der Waals surface area contributed by atoms with E-state index in [9.17, 15) is 0 Å². The van der Waals surface area contributed by atoms with Crippen molar-refractivity contribution in [1.29, 1.82) is 0 Å². The summed E-state index contributed by atoms with van der Waals surface area (Å²) in [5.74, 6) is 1.98. The van der Waals surface area contributed by atoms with Gasteiger partial charge in [-0.3, -0.25) is 0 Å². The van der Waals surface area contributed by atoms with Gasteiger partial charge in [0.2, 0.25) is 0 Å². The molecule has 0 amide bonds. The lowest BCUT2D eigenvalue weighted by Crippen LogP contribution is -2.31. The Morgan fingerprint density at radius 1 is 0.408 bits per heavy atom. The van der Waals surface area contributed by atoms with E-state index in [4.69, 9.17) is 14.4 Å². The lowest BCUT2D eigenvalue weighted by molar-refractivity contribution is 0.592. The summed E-state index contributed by atoms with van der Waals surface area (Å²) in [4.78, 5) is 12.5. The first-order valence-electron chi connectivity index (χ1n) is 16.5. The predicted octanol–water partition coefficient (Wildman–Crippen LogP) is 11.6. The van der Waals surface area contributed by atoms with Gasteiger partial charge in [-0.15, -0.1) is 0 Å². The molecule has 1 spiro atoms. The minimum Gasteiger partial charge on any atom is -0.453 e. The fourth-order valence-electron chi connectivity index (χ4n) is 7.70. The predicted molar refractivity (Wildman–Crippen MR) is 197 cm³/mol. The molecule has 2 aliphatic rings. The molecule has 0 bridgehead atoms. The van der Waals surface area contributed by atoms with Crippen LogP contribution in [0.2, 0.25) is 0 Å². The molecule has 0 radical (unpaired) electrons. The normalized spacial score (nSPS) is 13.4. The fourth-order valence-corrected chi connectivity index (χ4v) is 8.93. The molecule has 230 valence electrons. The molecule has 0 N–H and O–H groups in total. The molecule has 10 rings (SSSR count). The van der Waals surface area contributed by atoms with Gasteiger partial charge in [-0.05, 0) is 63.7 Å². The highest BCUT2D eigenvalue weighted by molar-refractivity contribution is 7.99. The zero-order chi connectivity index (χ0) is 32.4. The van der Waals surface area contributed by atoms with Gasteiger partial charge in [-0.2, -0.15) is 0 Å². The number of nitrogens with zero attached hydrogens (tertiary/aromatic N) is 2. The Labute approximate surface area is 289 Å². The third kappa shape index (κ3) is 4.31. The summed E-state index contributed by atoms with van der Waals surface area (Å²) in [6, 6.07) is 60.0. The van der Waals surface area contributed by atoms with E-state index in [1.165, 1.54) is 43.2 Å². The van der Waals surface area contributed by atoms with Gasteiger partial charge < -0.3 is 4.42 Å². The van der Waals surface area contributed by atoms with E-state index in [2.05, 4.69) is 115 Å². The van der Waals surface area contributed by atoms with E-state index < -0.39 is 5.41 Å². The second-order valence-corrected chi connectivity index (χ2v) is 13.6.